The van der Waals surface area contributed by atoms with E-state index in [2.05, 4.69) is 12.0 Å². The molecular weight excluding hydrogens is 172 g/mol. The summed E-state index contributed by atoms with van der Waals surface area (Å²) in [5.74, 6) is 3.84. The Balaban J connectivity index is 2.38. The highest BCUT2D eigenvalue weighted by Gasteiger charge is 2.44. The smallest absolute Gasteiger partial charge is 0.124 e. The molecule has 1 aromatic carbocycles. The second-order valence-electron chi connectivity index (χ2n) is 3.66. The first-order valence-electron chi connectivity index (χ1n) is 5.02. The third-order valence-electron chi connectivity index (χ3n) is 2.73. The first-order valence-corrected chi connectivity index (χ1v) is 5.02. The monoisotopic (exact) mass is 186 g/mol. The minimum atomic E-state index is -0.0221. The number of rotatable bonds is 3. The molecule has 0 unspecified atom stereocenters. The van der Waals surface area contributed by atoms with Crippen molar-refractivity contribution in [2.45, 2.75) is 25.2 Å². The molecule has 0 bridgehead atoms. The van der Waals surface area contributed by atoms with E-state index in [0.717, 1.165) is 18.6 Å². The molecule has 1 heteroatoms. The maximum atomic E-state index is 5.57. The van der Waals surface area contributed by atoms with Crippen molar-refractivity contribution >= 4 is 0 Å². The SMILES string of the molecule is C#CC1(c2ccccc2OCC)CC1. The predicted molar refractivity (Wildman–Crippen MR) is 57.4 cm³/mol. The third-order valence-corrected chi connectivity index (χ3v) is 2.73. The lowest BCUT2D eigenvalue weighted by Gasteiger charge is -2.13. The minimum absolute atomic E-state index is 0.0221. The number of benzene rings is 1. The van der Waals surface area contributed by atoms with Gasteiger partial charge in [0, 0.05) is 5.56 Å². The van der Waals surface area contributed by atoms with Crippen LogP contribution >= 0.6 is 0 Å². The number of para-hydroxylation sites is 1. The fourth-order valence-electron chi connectivity index (χ4n) is 1.76. The summed E-state index contributed by atoms with van der Waals surface area (Å²) >= 11 is 0. The Morgan fingerprint density at radius 2 is 2.14 bits per heavy atom. The van der Waals surface area contributed by atoms with Gasteiger partial charge in [0.25, 0.3) is 0 Å². The van der Waals surface area contributed by atoms with E-state index in [0.29, 0.717) is 6.61 Å². The Hall–Kier alpha value is -1.42. The topological polar surface area (TPSA) is 9.23 Å². The van der Waals surface area contributed by atoms with Gasteiger partial charge in [-0.25, -0.2) is 0 Å². The summed E-state index contributed by atoms with van der Waals surface area (Å²) in [5.41, 5.74) is 1.16. The van der Waals surface area contributed by atoms with Gasteiger partial charge in [-0.3, -0.25) is 0 Å². The van der Waals surface area contributed by atoms with Crippen LogP contribution in [0.2, 0.25) is 0 Å². The quantitative estimate of drug-likeness (QED) is 0.659. The van der Waals surface area contributed by atoms with Gasteiger partial charge < -0.3 is 4.74 Å². The molecule has 0 amide bonds. The van der Waals surface area contributed by atoms with E-state index >= 15 is 0 Å². The van der Waals surface area contributed by atoms with Crippen LogP contribution < -0.4 is 4.74 Å². The lowest BCUT2D eigenvalue weighted by molar-refractivity contribution is 0.335. The van der Waals surface area contributed by atoms with Crippen molar-refractivity contribution in [2.24, 2.45) is 0 Å². The van der Waals surface area contributed by atoms with Gasteiger partial charge in [0.2, 0.25) is 0 Å². The van der Waals surface area contributed by atoms with Crippen LogP contribution in [0.15, 0.2) is 24.3 Å². The molecule has 14 heavy (non-hydrogen) atoms. The number of hydrogen-bond acceptors (Lipinski definition) is 1. The van der Waals surface area contributed by atoms with Crippen LogP contribution in [0.1, 0.15) is 25.3 Å². The molecule has 1 fully saturated rings. The minimum Gasteiger partial charge on any atom is -0.494 e. The second kappa shape index (κ2) is 3.38. The Bertz CT molecular complexity index is 369. The molecule has 0 spiro atoms. The van der Waals surface area contributed by atoms with Crippen LogP contribution in [0.3, 0.4) is 0 Å². The van der Waals surface area contributed by atoms with E-state index in [1.165, 1.54) is 5.56 Å². The van der Waals surface area contributed by atoms with Gasteiger partial charge in [0.15, 0.2) is 0 Å². The molecule has 0 N–H and O–H groups in total. The highest BCUT2D eigenvalue weighted by atomic mass is 16.5. The van der Waals surface area contributed by atoms with Gasteiger partial charge in [0.05, 0.1) is 12.0 Å². The van der Waals surface area contributed by atoms with Crippen molar-refractivity contribution in [1.82, 2.24) is 0 Å². The molecule has 1 aliphatic carbocycles. The highest BCUT2D eigenvalue weighted by Crippen LogP contribution is 2.50. The van der Waals surface area contributed by atoms with Crippen molar-refractivity contribution in [3.05, 3.63) is 29.8 Å². The number of ether oxygens (including phenoxy) is 1. The molecule has 1 nitrogen and oxygen atoms in total. The fourth-order valence-corrected chi connectivity index (χ4v) is 1.76. The molecule has 0 aromatic heterocycles. The summed E-state index contributed by atoms with van der Waals surface area (Å²) in [6.07, 6.45) is 7.74. The normalized spacial score (nSPS) is 17.1. The van der Waals surface area contributed by atoms with E-state index in [4.69, 9.17) is 11.2 Å². The van der Waals surface area contributed by atoms with Crippen LogP contribution in [0.4, 0.5) is 0 Å². The van der Waals surface area contributed by atoms with Crippen LogP contribution in [0, 0.1) is 12.3 Å². The number of terminal acetylenes is 1. The van der Waals surface area contributed by atoms with Gasteiger partial charge in [-0.15, -0.1) is 6.42 Å². The molecule has 1 aromatic rings. The van der Waals surface area contributed by atoms with Crippen LogP contribution in [0.25, 0.3) is 0 Å². The van der Waals surface area contributed by atoms with Gasteiger partial charge >= 0.3 is 0 Å². The van der Waals surface area contributed by atoms with Crippen LogP contribution in [0.5, 0.6) is 5.75 Å². The summed E-state index contributed by atoms with van der Waals surface area (Å²) in [6.45, 7) is 2.68. The summed E-state index contributed by atoms with van der Waals surface area (Å²) in [7, 11) is 0. The Kier molecular flexibility index (Phi) is 2.21. The highest BCUT2D eigenvalue weighted by molar-refractivity contribution is 5.48. The maximum Gasteiger partial charge on any atom is 0.124 e. The van der Waals surface area contributed by atoms with Crippen molar-refractivity contribution in [3.8, 4) is 18.1 Å². The first kappa shape index (κ1) is 9.15. The number of hydrogen-bond donors (Lipinski definition) is 0. The zero-order valence-electron chi connectivity index (χ0n) is 8.42. The van der Waals surface area contributed by atoms with Gasteiger partial charge in [-0.05, 0) is 25.8 Å². The lowest BCUT2D eigenvalue weighted by atomic mass is 9.96. The molecule has 1 saturated carbocycles. The summed E-state index contributed by atoms with van der Waals surface area (Å²) in [5, 5.41) is 0. The molecule has 2 rings (SSSR count). The molecule has 72 valence electrons. The molecule has 0 radical (unpaired) electrons. The molecule has 0 saturated heterocycles. The zero-order chi connectivity index (χ0) is 10.0. The van der Waals surface area contributed by atoms with E-state index < -0.39 is 0 Å². The van der Waals surface area contributed by atoms with E-state index in [9.17, 15) is 0 Å². The van der Waals surface area contributed by atoms with Gasteiger partial charge in [-0.2, -0.15) is 0 Å². The van der Waals surface area contributed by atoms with Crippen LogP contribution in [-0.4, -0.2) is 6.61 Å². The zero-order valence-corrected chi connectivity index (χ0v) is 8.42. The first-order chi connectivity index (χ1) is 6.82. The van der Waals surface area contributed by atoms with E-state index in [-0.39, 0.29) is 5.41 Å². The average Bonchev–Trinajstić information content (AvgIpc) is 3.00. The van der Waals surface area contributed by atoms with E-state index in [1.54, 1.807) is 0 Å². The molecule has 1 aliphatic rings. The van der Waals surface area contributed by atoms with Crippen molar-refractivity contribution in [2.75, 3.05) is 6.61 Å². The predicted octanol–water partition coefficient (Wildman–Crippen LogP) is 2.75. The van der Waals surface area contributed by atoms with Gasteiger partial charge in [-0.1, -0.05) is 24.1 Å². The van der Waals surface area contributed by atoms with E-state index in [1.807, 2.05) is 25.1 Å². The molecule has 0 aliphatic heterocycles. The van der Waals surface area contributed by atoms with Crippen molar-refractivity contribution in [3.63, 3.8) is 0 Å². The molecule has 0 heterocycles. The largest absolute Gasteiger partial charge is 0.494 e. The van der Waals surface area contributed by atoms with Crippen molar-refractivity contribution in [1.29, 1.82) is 0 Å². The Morgan fingerprint density at radius 3 is 2.71 bits per heavy atom. The van der Waals surface area contributed by atoms with Gasteiger partial charge in [0.1, 0.15) is 5.75 Å². The second-order valence-corrected chi connectivity index (χ2v) is 3.66. The fraction of sp³-hybridized carbons (Fsp3) is 0.385. The summed E-state index contributed by atoms with van der Waals surface area (Å²) in [6, 6.07) is 8.09. The van der Waals surface area contributed by atoms with Crippen molar-refractivity contribution < 1.29 is 4.74 Å². The summed E-state index contributed by atoms with van der Waals surface area (Å²) in [4.78, 5) is 0. The average molecular weight is 186 g/mol. The van der Waals surface area contributed by atoms with Crippen LogP contribution in [-0.2, 0) is 5.41 Å². The third kappa shape index (κ3) is 1.37. The molecule has 0 atom stereocenters. The summed E-state index contributed by atoms with van der Waals surface area (Å²) < 4.78 is 5.57. The lowest BCUT2D eigenvalue weighted by Crippen LogP contribution is -2.06. The Labute approximate surface area is 85.1 Å². The standard InChI is InChI=1S/C13H14O/c1-3-13(9-10-13)11-7-5-6-8-12(11)14-4-2/h1,5-8H,4,9-10H2,2H3. The maximum absolute atomic E-state index is 5.57. The molecular formula is C13H14O. The Morgan fingerprint density at radius 1 is 1.43 bits per heavy atom.